The zero-order chi connectivity index (χ0) is 60.9. The molecule has 0 bridgehead atoms. The number of carbonyl (C=O) groups excluding carboxylic acids is 8. The number of nitrogens with two attached hydrogens (primary N) is 1. The molecule has 84 heavy (non-hydrogen) atoms. The molecule has 1 saturated heterocycles. The molecular formula is C62H76N8O12S2. The van der Waals surface area contributed by atoms with E-state index < -0.39 is 108 Å². The number of aliphatic hydroxyl groups excluding tert-OH is 1. The van der Waals surface area contributed by atoms with Gasteiger partial charge in [0.25, 0.3) is 5.91 Å². The number of aliphatic hydroxyl groups is 1. The highest BCUT2D eigenvalue weighted by molar-refractivity contribution is 8.76. The van der Waals surface area contributed by atoms with E-state index in [2.05, 4.69) is 31.9 Å². The van der Waals surface area contributed by atoms with Crippen molar-refractivity contribution in [2.24, 2.45) is 11.7 Å². The van der Waals surface area contributed by atoms with Crippen LogP contribution in [0.25, 0.3) is 10.8 Å². The number of carboxylic acids is 1. The predicted octanol–water partition coefficient (Wildman–Crippen LogP) is 4.03. The zero-order valence-electron chi connectivity index (χ0n) is 47.5. The fraction of sp³-hybridized carbons (Fsp3) is 0.403. The first-order chi connectivity index (χ1) is 40.2. The quantitative estimate of drug-likeness (QED) is 0.0493. The molecule has 20 nitrogen and oxygen atoms in total. The van der Waals surface area contributed by atoms with Gasteiger partial charge in [-0.15, -0.1) is 0 Å². The average molecular weight is 1190 g/mol. The topological polar surface area (TPSA) is 316 Å². The van der Waals surface area contributed by atoms with Crippen LogP contribution in [-0.4, -0.2) is 153 Å². The number of unbranched alkanes of at least 4 members (excludes halogenated alkanes) is 1. The van der Waals surface area contributed by atoms with Crippen molar-refractivity contribution in [1.82, 2.24) is 36.8 Å². The maximum absolute atomic E-state index is 15.2. The number of ketones is 2. The van der Waals surface area contributed by atoms with Crippen molar-refractivity contribution in [3.8, 4) is 5.75 Å². The predicted molar refractivity (Wildman–Crippen MR) is 324 cm³/mol. The van der Waals surface area contributed by atoms with Crippen LogP contribution in [0.5, 0.6) is 5.75 Å². The lowest BCUT2D eigenvalue weighted by Gasteiger charge is -2.31. The van der Waals surface area contributed by atoms with Crippen molar-refractivity contribution >= 4 is 85.3 Å². The maximum Gasteiger partial charge on any atom is 0.327 e. The first-order valence-electron chi connectivity index (χ1n) is 28.0. The summed E-state index contributed by atoms with van der Waals surface area (Å²) in [6.07, 6.45) is -2.29. The standard InChI is InChI=1S/C62H76N8O12S2/c1-37(2)64-50-35-83-84-36-51(62(81)82)68-58(77)49(31-40-17-9-6-10-18-40)67-60(79)55(38(3)71)69-57(76)47(21-13-14-28-63)65-59(78)52(70(4)61(80)44-25-24-42-19-11-12-20-43(42)32-44)34-54(74)48(30-41-22-26-46(72)27-23-41)66-56(75)45(33-53(50)73)29-39-15-7-5-8-16-39/h5-12,15-20,22-27,32,37-38,45,47-52,55,64,71-72H,13-14,21,28-31,33-36,63H2,1-4H3,(H,65,78)(H,66,75)(H,67,79)(H,68,77)(H,69,76)(H,81,82)/t38?,45-,47+,48+,49+,50+,51+,52+,55+/m1/s1. The van der Waals surface area contributed by atoms with Crippen molar-refractivity contribution in [1.29, 1.82) is 0 Å². The minimum absolute atomic E-state index is 0.0619. The third-order valence-corrected chi connectivity index (χ3v) is 16.8. The lowest BCUT2D eigenvalue weighted by molar-refractivity contribution is -0.141. The first kappa shape index (κ1) is 65.5. The fourth-order valence-electron chi connectivity index (χ4n) is 9.67. The molecule has 6 amide bonds. The van der Waals surface area contributed by atoms with E-state index in [0.717, 1.165) is 21.1 Å². The molecule has 0 saturated carbocycles. The van der Waals surface area contributed by atoms with Gasteiger partial charge in [-0.2, -0.15) is 0 Å². The molecule has 0 aliphatic carbocycles. The number of aromatic hydroxyl groups is 1. The average Bonchev–Trinajstić information content (AvgIpc) is 3.53. The molecule has 0 radical (unpaired) electrons. The number of rotatable bonds is 16. The van der Waals surface area contributed by atoms with E-state index in [1.165, 1.54) is 36.9 Å². The Balaban J connectivity index is 1.45. The van der Waals surface area contributed by atoms with E-state index in [-0.39, 0.29) is 79.7 Å². The number of benzene rings is 5. The highest BCUT2D eigenvalue weighted by Crippen LogP contribution is 2.26. The van der Waals surface area contributed by atoms with Gasteiger partial charge in [0, 0.05) is 55.3 Å². The van der Waals surface area contributed by atoms with Crippen LogP contribution in [-0.2, 0) is 57.6 Å². The molecule has 5 aromatic carbocycles. The lowest BCUT2D eigenvalue weighted by Crippen LogP contribution is -2.61. The van der Waals surface area contributed by atoms with Gasteiger partial charge in [0.2, 0.25) is 29.5 Å². The summed E-state index contributed by atoms with van der Waals surface area (Å²) in [5, 5.41) is 49.8. The summed E-state index contributed by atoms with van der Waals surface area (Å²) in [4.78, 5) is 132. The van der Waals surface area contributed by atoms with E-state index in [1.54, 1.807) is 97.1 Å². The summed E-state index contributed by atoms with van der Waals surface area (Å²) in [6.45, 7) is 5.12. The number of carbonyl (C=O) groups is 9. The number of Topliss-reactive ketones (excluding diaryl/α,β-unsaturated/α-hetero) is 2. The van der Waals surface area contributed by atoms with E-state index in [9.17, 15) is 48.9 Å². The normalized spacial score (nSPS) is 22.7. The molecule has 5 aromatic rings. The molecule has 1 fully saturated rings. The van der Waals surface area contributed by atoms with Gasteiger partial charge in [0.1, 0.15) is 36.0 Å². The number of nitrogens with zero attached hydrogens (tertiary/aromatic N) is 1. The van der Waals surface area contributed by atoms with Crippen molar-refractivity contribution in [3.63, 3.8) is 0 Å². The highest BCUT2D eigenvalue weighted by Gasteiger charge is 2.39. The van der Waals surface area contributed by atoms with Crippen molar-refractivity contribution in [2.45, 2.75) is 127 Å². The van der Waals surface area contributed by atoms with Crippen LogP contribution in [0, 0.1) is 5.92 Å². The molecule has 0 aromatic heterocycles. The molecule has 6 rings (SSSR count). The molecule has 1 aliphatic rings. The Morgan fingerprint density at radius 2 is 1.19 bits per heavy atom. The second kappa shape index (κ2) is 32.4. The number of carboxylic acid groups (broad SMARTS) is 1. The Morgan fingerprint density at radius 3 is 1.82 bits per heavy atom. The summed E-state index contributed by atoms with van der Waals surface area (Å²) >= 11 is 0. The van der Waals surface area contributed by atoms with Crippen LogP contribution in [0.1, 0.15) is 79.9 Å². The van der Waals surface area contributed by atoms with Crippen LogP contribution in [0.2, 0.25) is 0 Å². The SMILES string of the molecule is CC(C)N[C@H]1CSSC[C@@H](C(=O)O)NC(=O)[C@H](Cc2ccccc2)NC(=O)[C@H](C(C)O)NC(=O)[C@H](CCCCN)NC(=O)[C@@H](N(C)C(=O)c2ccc3ccccc3c2)CC(=O)[C@H](Cc2ccc(O)cc2)NC(=O)[C@H](Cc2ccccc2)CC1=O. The van der Waals surface area contributed by atoms with Crippen molar-refractivity contribution in [3.05, 3.63) is 150 Å². The van der Waals surface area contributed by atoms with Crippen LogP contribution in [0.3, 0.4) is 0 Å². The summed E-state index contributed by atoms with van der Waals surface area (Å²) in [5.74, 6) is -8.84. The first-order valence-corrected chi connectivity index (χ1v) is 30.5. The van der Waals surface area contributed by atoms with Gasteiger partial charge in [0.15, 0.2) is 11.6 Å². The number of amides is 6. The smallest absolute Gasteiger partial charge is 0.327 e. The van der Waals surface area contributed by atoms with E-state index in [1.807, 2.05) is 32.0 Å². The molecule has 1 heterocycles. The van der Waals surface area contributed by atoms with Gasteiger partial charge < -0.3 is 57.9 Å². The molecule has 11 N–H and O–H groups in total. The summed E-state index contributed by atoms with van der Waals surface area (Å²) < 4.78 is 0. The zero-order valence-corrected chi connectivity index (χ0v) is 49.2. The molecule has 1 aliphatic heterocycles. The van der Waals surface area contributed by atoms with Crippen LogP contribution in [0.15, 0.2) is 127 Å². The summed E-state index contributed by atoms with van der Waals surface area (Å²) in [7, 11) is 3.58. The van der Waals surface area contributed by atoms with Crippen molar-refractivity contribution < 1.29 is 58.5 Å². The number of fused-ring (bicyclic) bond motifs is 1. The van der Waals surface area contributed by atoms with Gasteiger partial charge >= 0.3 is 5.97 Å². The Morgan fingerprint density at radius 1 is 0.619 bits per heavy atom. The summed E-state index contributed by atoms with van der Waals surface area (Å²) in [6, 6.07) is 25.5. The third kappa shape index (κ3) is 19.8. The second-order valence-corrected chi connectivity index (χ2v) is 23.9. The number of hydrogen-bond acceptors (Lipinski definition) is 15. The third-order valence-electron chi connectivity index (χ3n) is 14.4. The largest absolute Gasteiger partial charge is 0.508 e. The van der Waals surface area contributed by atoms with Crippen LogP contribution < -0.4 is 37.6 Å². The van der Waals surface area contributed by atoms with Gasteiger partial charge in [-0.1, -0.05) is 139 Å². The van der Waals surface area contributed by atoms with Gasteiger partial charge in [-0.25, -0.2) is 4.79 Å². The lowest BCUT2D eigenvalue weighted by atomic mass is 9.90. The molecular weight excluding hydrogens is 1110 g/mol. The van der Waals surface area contributed by atoms with E-state index in [0.29, 0.717) is 28.5 Å². The fourth-order valence-corrected chi connectivity index (χ4v) is 12.0. The van der Waals surface area contributed by atoms with Gasteiger partial charge in [0.05, 0.1) is 18.2 Å². The van der Waals surface area contributed by atoms with Crippen LogP contribution >= 0.6 is 21.6 Å². The number of nitrogens with one attached hydrogen (secondary N) is 6. The molecule has 1 unspecified atom stereocenters. The molecule has 9 atom stereocenters. The Kier molecular flexibility index (Phi) is 25.3. The molecule has 448 valence electrons. The minimum atomic E-state index is -1.75. The molecule has 22 heteroatoms. The Labute approximate surface area is 497 Å². The molecule has 0 spiro atoms. The van der Waals surface area contributed by atoms with Crippen LogP contribution in [0.4, 0.5) is 0 Å². The number of aliphatic carboxylic acids is 1. The highest BCUT2D eigenvalue weighted by atomic mass is 33.1. The van der Waals surface area contributed by atoms with Gasteiger partial charge in [-0.3, -0.25) is 38.4 Å². The second-order valence-electron chi connectivity index (χ2n) is 21.3. The number of likely N-dealkylation sites (N-methyl/N-ethyl adjacent to an activating group) is 1. The number of hydrogen-bond donors (Lipinski definition) is 10. The van der Waals surface area contributed by atoms with Crippen molar-refractivity contribution in [2.75, 3.05) is 25.1 Å². The summed E-state index contributed by atoms with van der Waals surface area (Å²) in [5.41, 5.74) is 7.82. The number of phenols is 1. The maximum atomic E-state index is 15.2. The van der Waals surface area contributed by atoms with E-state index in [4.69, 9.17) is 5.73 Å². The Hall–Kier alpha value is -7.63. The minimum Gasteiger partial charge on any atom is -0.508 e. The van der Waals surface area contributed by atoms with Gasteiger partial charge in [-0.05, 0) is 97.3 Å². The van der Waals surface area contributed by atoms with E-state index >= 15 is 9.59 Å². The Bertz CT molecular complexity index is 3060. The monoisotopic (exact) mass is 1190 g/mol. The number of phenolic OH excluding ortho intramolecular Hbond substituents is 1.